The molecule has 28 heavy (non-hydrogen) atoms. The van der Waals surface area contributed by atoms with E-state index >= 15 is 0 Å². The van der Waals surface area contributed by atoms with Gasteiger partial charge in [-0.1, -0.05) is 36.0 Å². The standard InChI is InChI=1S/C21H19N3O3S/c1-3-26-17-11-7-5-9-15(17)24-20(25)13(2)28-21-19-18(22-12-23-21)14-8-4-6-10-16(14)27-19/h4-13H,3H2,1-2H3,(H,24,25)/t13-/m1/s1. The highest BCUT2D eigenvalue weighted by molar-refractivity contribution is 8.00. The lowest BCUT2D eigenvalue weighted by molar-refractivity contribution is -0.115. The second kappa shape index (κ2) is 7.90. The highest BCUT2D eigenvalue weighted by Gasteiger charge is 2.20. The molecule has 142 valence electrons. The molecule has 2 aromatic carbocycles. The fourth-order valence-electron chi connectivity index (χ4n) is 2.89. The van der Waals surface area contributed by atoms with Crippen molar-refractivity contribution in [3.8, 4) is 5.75 Å². The van der Waals surface area contributed by atoms with Crippen molar-refractivity contribution >= 4 is 45.4 Å². The minimum atomic E-state index is -0.388. The number of carbonyl (C=O) groups is 1. The summed E-state index contributed by atoms with van der Waals surface area (Å²) in [6.45, 7) is 4.27. The van der Waals surface area contributed by atoms with Crippen LogP contribution in [0.5, 0.6) is 5.75 Å². The molecular formula is C21H19N3O3S. The van der Waals surface area contributed by atoms with Gasteiger partial charge >= 0.3 is 0 Å². The zero-order valence-electron chi connectivity index (χ0n) is 15.5. The van der Waals surface area contributed by atoms with E-state index in [1.54, 1.807) is 0 Å². The van der Waals surface area contributed by atoms with Crippen molar-refractivity contribution in [3.05, 3.63) is 54.9 Å². The fourth-order valence-corrected chi connectivity index (χ4v) is 3.75. The number of ether oxygens (including phenoxy) is 1. The van der Waals surface area contributed by atoms with Crippen LogP contribution in [0.3, 0.4) is 0 Å². The molecule has 0 saturated carbocycles. The Balaban J connectivity index is 1.57. The molecule has 7 heteroatoms. The Hall–Kier alpha value is -3.06. The molecule has 0 unspecified atom stereocenters. The monoisotopic (exact) mass is 393 g/mol. The zero-order valence-corrected chi connectivity index (χ0v) is 16.3. The first-order valence-corrected chi connectivity index (χ1v) is 9.87. The van der Waals surface area contributed by atoms with Gasteiger partial charge in [-0.2, -0.15) is 0 Å². The number of amides is 1. The maximum absolute atomic E-state index is 12.7. The summed E-state index contributed by atoms with van der Waals surface area (Å²) in [7, 11) is 0. The van der Waals surface area contributed by atoms with Crippen LogP contribution in [-0.2, 0) is 4.79 Å². The van der Waals surface area contributed by atoms with Crippen LogP contribution in [0, 0.1) is 0 Å². The van der Waals surface area contributed by atoms with E-state index in [1.807, 2.05) is 62.4 Å². The molecule has 0 saturated heterocycles. The number of thioether (sulfide) groups is 1. The maximum atomic E-state index is 12.7. The van der Waals surface area contributed by atoms with Crippen molar-refractivity contribution in [1.82, 2.24) is 9.97 Å². The molecule has 0 aliphatic rings. The number of nitrogens with one attached hydrogen (secondary N) is 1. The molecular weight excluding hydrogens is 374 g/mol. The van der Waals surface area contributed by atoms with Crippen molar-refractivity contribution in [2.45, 2.75) is 24.1 Å². The van der Waals surface area contributed by atoms with Crippen molar-refractivity contribution in [2.75, 3.05) is 11.9 Å². The summed E-state index contributed by atoms with van der Waals surface area (Å²) in [5.74, 6) is 0.511. The van der Waals surface area contributed by atoms with E-state index in [0.29, 0.717) is 28.7 Å². The minimum Gasteiger partial charge on any atom is -0.492 e. The molecule has 4 rings (SSSR count). The summed E-state index contributed by atoms with van der Waals surface area (Å²) in [6.07, 6.45) is 1.50. The molecule has 0 aliphatic heterocycles. The van der Waals surface area contributed by atoms with Crippen LogP contribution < -0.4 is 10.1 Å². The molecule has 1 atom stereocenters. The molecule has 4 aromatic rings. The van der Waals surface area contributed by atoms with Crippen LogP contribution in [0.1, 0.15) is 13.8 Å². The van der Waals surface area contributed by atoms with E-state index in [2.05, 4.69) is 15.3 Å². The number of fused-ring (bicyclic) bond motifs is 3. The third-order valence-electron chi connectivity index (χ3n) is 4.23. The van der Waals surface area contributed by atoms with Gasteiger partial charge in [-0.25, -0.2) is 9.97 Å². The van der Waals surface area contributed by atoms with Gasteiger partial charge in [0.25, 0.3) is 0 Å². The maximum Gasteiger partial charge on any atom is 0.237 e. The first-order chi connectivity index (χ1) is 13.7. The molecule has 0 radical (unpaired) electrons. The van der Waals surface area contributed by atoms with E-state index < -0.39 is 0 Å². The Morgan fingerprint density at radius 1 is 1.18 bits per heavy atom. The molecule has 0 aliphatic carbocycles. The smallest absolute Gasteiger partial charge is 0.237 e. The van der Waals surface area contributed by atoms with Gasteiger partial charge in [0.15, 0.2) is 5.58 Å². The van der Waals surface area contributed by atoms with E-state index in [4.69, 9.17) is 9.15 Å². The first-order valence-electron chi connectivity index (χ1n) is 8.99. The van der Waals surface area contributed by atoms with E-state index in [0.717, 1.165) is 16.5 Å². The van der Waals surface area contributed by atoms with Crippen molar-refractivity contribution < 1.29 is 13.9 Å². The number of nitrogens with zero attached hydrogens (tertiary/aromatic N) is 2. The average Bonchev–Trinajstić information content (AvgIpc) is 3.09. The van der Waals surface area contributed by atoms with E-state index in [9.17, 15) is 4.79 Å². The van der Waals surface area contributed by atoms with Gasteiger partial charge in [0.1, 0.15) is 28.2 Å². The van der Waals surface area contributed by atoms with Gasteiger partial charge in [-0.05, 0) is 38.1 Å². The second-order valence-electron chi connectivity index (χ2n) is 6.13. The van der Waals surface area contributed by atoms with E-state index in [1.165, 1.54) is 18.1 Å². The van der Waals surface area contributed by atoms with Crippen molar-refractivity contribution in [2.24, 2.45) is 0 Å². The Kier molecular flexibility index (Phi) is 5.16. The van der Waals surface area contributed by atoms with Crippen molar-refractivity contribution in [3.63, 3.8) is 0 Å². The summed E-state index contributed by atoms with van der Waals surface area (Å²) in [6, 6.07) is 15.1. The number of carbonyl (C=O) groups excluding carboxylic acids is 1. The van der Waals surface area contributed by atoms with Crippen LogP contribution >= 0.6 is 11.8 Å². The van der Waals surface area contributed by atoms with E-state index in [-0.39, 0.29) is 11.2 Å². The average molecular weight is 393 g/mol. The van der Waals surface area contributed by atoms with Crippen LogP contribution in [0.4, 0.5) is 5.69 Å². The lowest BCUT2D eigenvalue weighted by Crippen LogP contribution is -2.23. The van der Waals surface area contributed by atoms with Gasteiger partial charge in [0.2, 0.25) is 5.91 Å². The number of anilines is 1. The highest BCUT2D eigenvalue weighted by atomic mass is 32.2. The normalized spacial score (nSPS) is 12.2. The Morgan fingerprint density at radius 2 is 1.96 bits per heavy atom. The summed E-state index contributed by atoms with van der Waals surface area (Å²) < 4.78 is 11.5. The number of hydrogen-bond donors (Lipinski definition) is 1. The number of hydrogen-bond acceptors (Lipinski definition) is 6. The first kappa shape index (κ1) is 18.3. The minimum absolute atomic E-state index is 0.139. The Bertz CT molecular complexity index is 1140. The topological polar surface area (TPSA) is 77.2 Å². The van der Waals surface area contributed by atoms with Crippen LogP contribution in [-0.4, -0.2) is 27.7 Å². The quantitative estimate of drug-likeness (QED) is 0.371. The van der Waals surface area contributed by atoms with Crippen LogP contribution in [0.15, 0.2) is 64.3 Å². The largest absolute Gasteiger partial charge is 0.492 e. The molecule has 1 amide bonds. The number of aromatic nitrogens is 2. The lowest BCUT2D eigenvalue weighted by atomic mass is 10.2. The summed E-state index contributed by atoms with van der Waals surface area (Å²) >= 11 is 1.34. The van der Waals surface area contributed by atoms with Gasteiger partial charge in [0, 0.05) is 5.39 Å². The predicted molar refractivity (Wildman–Crippen MR) is 111 cm³/mol. The third kappa shape index (κ3) is 3.53. The molecule has 6 nitrogen and oxygen atoms in total. The molecule has 0 spiro atoms. The number of rotatable bonds is 6. The Morgan fingerprint density at radius 3 is 2.82 bits per heavy atom. The van der Waals surface area contributed by atoms with Gasteiger partial charge in [-0.3, -0.25) is 4.79 Å². The summed E-state index contributed by atoms with van der Waals surface area (Å²) in [5.41, 5.74) is 2.76. The molecule has 0 bridgehead atoms. The molecule has 2 aromatic heterocycles. The van der Waals surface area contributed by atoms with Gasteiger partial charge in [0.05, 0.1) is 17.5 Å². The summed E-state index contributed by atoms with van der Waals surface area (Å²) in [4.78, 5) is 21.4. The lowest BCUT2D eigenvalue weighted by Gasteiger charge is -2.14. The zero-order chi connectivity index (χ0) is 19.5. The number of para-hydroxylation sites is 3. The van der Waals surface area contributed by atoms with Crippen LogP contribution in [0.25, 0.3) is 22.1 Å². The second-order valence-corrected chi connectivity index (χ2v) is 7.46. The summed E-state index contributed by atoms with van der Waals surface area (Å²) in [5, 5.41) is 4.12. The predicted octanol–water partition coefficient (Wildman–Crippen LogP) is 4.89. The third-order valence-corrected chi connectivity index (χ3v) is 5.31. The molecule has 1 N–H and O–H groups in total. The number of furan rings is 1. The number of benzene rings is 2. The molecule has 0 fully saturated rings. The van der Waals surface area contributed by atoms with Gasteiger partial charge in [-0.15, -0.1) is 0 Å². The van der Waals surface area contributed by atoms with Crippen LogP contribution in [0.2, 0.25) is 0 Å². The molecule has 2 heterocycles. The Labute approximate surface area is 166 Å². The fraction of sp³-hybridized carbons (Fsp3) is 0.190. The SMILES string of the molecule is CCOc1ccccc1NC(=O)[C@@H](C)Sc1ncnc2c1oc1ccccc12. The highest BCUT2D eigenvalue weighted by Crippen LogP contribution is 2.34. The van der Waals surface area contributed by atoms with Gasteiger partial charge < -0.3 is 14.5 Å². The van der Waals surface area contributed by atoms with Crippen molar-refractivity contribution in [1.29, 1.82) is 0 Å².